The fourth-order valence-electron chi connectivity index (χ4n) is 2.13. The summed E-state index contributed by atoms with van der Waals surface area (Å²) in [6.45, 7) is 1.79. The predicted octanol–water partition coefficient (Wildman–Crippen LogP) is 3.23. The van der Waals surface area contributed by atoms with Gasteiger partial charge in [0.05, 0.1) is 4.91 Å². The number of anilines is 1. The molecule has 0 bridgehead atoms. The van der Waals surface area contributed by atoms with Crippen LogP contribution in [0.4, 0.5) is 10.1 Å². The fourth-order valence-corrected chi connectivity index (χ4v) is 3.23. The lowest BCUT2D eigenvalue weighted by atomic mass is 10.0. The van der Waals surface area contributed by atoms with Crippen LogP contribution in [0, 0.1) is 5.82 Å². The van der Waals surface area contributed by atoms with E-state index in [0.717, 1.165) is 23.4 Å². The molecule has 2 rings (SSSR count). The van der Waals surface area contributed by atoms with E-state index in [1.165, 1.54) is 18.4 Å². The molecule has 1 aromatic carbocycles. The highest BCUT2D eigenvalue weighted by atomic mass is 32.2. The maximum Gasteiger partial charge on any atom is 0.175 e. The molecule has 0 spiro atoms. The summed E-state index contributed by atoms with van der Waals surface area (Å²) in [6, 6.07) is 6.00. The minimum Gasteiger partial charge on any atom is -0.359 e. The third-order valence-electron chi connectivity index (χ3n) is 3.09. The lowest BCUT2D eigenvalue weighted by Crippen LogP contribution is -2.12. The van der Waals surface area contributed by atoms with E-state index >= 15 is 0 Å². The van der Waals surface area contributed by atoms with E-state index in [0.29, 0.717) is 11.3 Å². The van der Waals surface area contributed by atoms with E-state index in [1.807, 2.05) is 0 Å². The first-order valence-corrected chi connectivity index (χ1v) is 7.90. The van der Waals surface area contributed by atoms with E-state index < -0.39 is 9.84 Å². The van der Waals surface area contributed by atoms with Crippen LogP contribution in [-0.2, 0) is 9.84 Å². The molecule has 19 heavy (non-hydrogen) atoms. The van der Waals surface area contributed by atoms with E-state index in [2.05, 4.69) is 5.32 Å². The SMILES string of the molecule is CC1=C(Nc2ccc(F)cc2)CCC=C1S(C)(=O)=O. The van der Waals surface area contributed by atoms with Gasteiger partial charge in [-0.2, -0.15) is 0 Å². The van der Waals surface area contributed by atoms with Gasteiger partial charge in [0, 0.05) is 17.6 Å². The molecule has 1 aliphatic carbocycles. The number of allylic oxidation sites excluding steroid dienone is 3. The Balaban J connectivity index is 2.29. The molecule has 0 aromatic heterocycles. The number of hydrogen-bond acceptors (Lipinski definition) is 3. The van der Waals surface area contributed by atoms with Crippen molar-refractivity contribution in [2.24, 2.45) is 0 Å². The van der Waals surface area contributed by atoms with Crippen molar-refractivity contribution >= 4 is 15.5 Å². The zero-order valence-electron chi connectivity index (χ0n) is 10.9. The molecule has 0 heterocycles. The van der Waals surface area contributed by atoms with E-state index in [9.17, 15) is 12.8 Å². The third kappa shape index (κ3) is 3.23. The van der Waals surface area contributed by atoms with Crippen LogP contribution in [0.1, 0.15) is 19.8 Å². The van der Waals surface area contributed by atoms with Crippen LogP contribution in [-0.4, -0.2) is 14.7 Å². The van der Waals surface area contributed by atoms with Crippen LogP contribution >= 0.6 is 0 Å². The molecular formula is C14H16FNO2S. The average Bonchev–Trinajstić information content (AvgIpc) is 2.33. The topological polar surface area (TPSA) is 46.2 Å². The Bertz CT molecular complexity index is 643. The first kappa shape index (κ1) is 13.8. The predicted molar refractivity (Wildman–Crippen MR) is 74.9 cm³/mol. The van der Waals surface area contributed by atoms with Crippen molar-refractivity contribution in [3.8, 4) is 0 Å². The van der Waals surface area contributed by atoms with Gasteiger partial charge in [-0.1, -0.05) is 6.08 Å². The van der Waals surface area contributed by atoms with Crippen LogP contribution < -0.4 is 5.32 Å². The summed E-state index contributed by atoms with van der Waals surface area (Å²) in [5.74, 6) is -0.295. The number of hydrogen-bond donors (Lipinski definition) is 1. The second-order valence-electron chi connectivity index (χ2n) is 4.61. The Kier molecular flexibility index (Phi) is 3.75. The van der Waals surface area contributed by atoms with Crippen LogP contribution in [0.3, 0.4) is 0 Å². The molecule has 1 aliphatic rings. The lowest BCUT2D eigenvalue weighted by Gasteiger charge is -2.20. The molecule has 0 radical (unpaired) electrons. The van der Waals surface area contributed by atoms with Crippen molar-refractivity contribution in [1.82, 2.24) is 0 Å². The van der Waals surface area contributed by atoms with Crippen molar-refractivity contribution in [1.29, 1.82) is 0 Å². The highest BCUT2D eigenvalue weighted by Gasteiger charge is 2.20. The van der Waals surface area contributed by atoms with Gasteiger partial charge in [0.25, 0.3) is 0 Å². The molecule has 0 atom stereocenters. The molecule has 0 aliphatic heterocycles. The number of halogens is 1. The maximum atomic E-state index is 12.8. The third-order valence-corrected chi connectivity index (χ3v) is 4.36. The summed E-state index contributed by atoms with van der Waals surface area (Å²) in [7, 11) is -3.20. The Morgan fingerprint density at radius 3 is 2.42 bits per heavy atom. The molecule has 1 N–H and O–H groups in total. The van der Waals surface area contributed by atoms with E-state index in [4.69, 9.17) is 0 Å². The summed E-state index contributed by atoms with van der Waals surface area (Å²) in [4.78, 5) is 0.378. The van der Waals surface area contributed by atoms with Crippen LogP contribution in [0.5, 0.6) is 0 Å². The molecule has 0 fully saturated rings. The molecule has 3 nitrogen and oxygen atoms in total. The second-order valence-corrected chi connectivity index (χ2v) is 6.60. The lowest BCUT2D eigenvalue weighted by molar-refractivity contribution is 0.607. The quantitative estimate of drug-likeness (QED) is 0.925. The number of benzene rings is 1. The van der Waals surface area contributed by atoms with Crippen LogP contribution in [0.15, 0.2) is 46.5 Å². The number of sulfone groups is 1. The normalized spacial score (nSPS) is 16.3. The monoisotopic (exact) mass is 281 g/mol. The van der Waals surface area contributed by atoms with Crippen LogP contribution in [0.2, 0.25) is 0 Å². The van der Waals surface area contributed by atoms with Crippen molar-refractivity contribution < 1.29 is 12.8 Å². The summed E-state index contributed by atoms with van der Waals surface area (Å²) < 4.78 is 36.2. The highest BCUT2D eigenvalue weighted by Crippen LogP contribution is 2.29. The molecule has 0 amide bonds. The molecular weight excluding hydrogens is 265 g/mol. The molecule has 5 heteroatoms. The Labute approximate surface area is 112 Å². The molecule has 0 saturated heterocycles. The summed E-state index contributed by atoms with van der Waals surface area (Å²) in [6.07, 6.45) is 4.40. The van der Waals surface area contributed by atoms with Crippen molar-refractivity contribution in [3.63, 3.8) is 0 Å². The first-order valence-electron chi connectivity index (χ1n) is 6.01. The van der Waals surface area contributed by atoms with E-state index in [1.54, 1.807) is 25.1 Å². The number of nitrogens with one attached hydrogen (secondary N) is 1. The summed E-state index contributed by atoms with van der Waals surface area (Å²) >= 11 is 0. The highest BCUT2D eigenvalue weighted by molar-refractivity contribution is 7.94. The van der Waals surface area contributed by atoms with Gasteiger partial charge in [-0.3, -0.25) is 0 Å². The van der Waals surface area contributed by atoms with Crippen molar-refractivity contribution in [2.45, 2.75) is 19.8 Å². The maximum absolute atomic E-state index is 12.8. The van der Waals surface area contributed by atoms with Gasteiger partial charge < -0.3 is 5.32 Å². The summed E-state index contributed by atoms with van der Waals surface area (Å²) in [5.41, 5.74) is 2.36. The second kappa shape index (κ2) is 5.17. The Morgan fingerprint density at radius 2 is 1.84 bits per heavy atom. The molecule has 0 unspecified atom stereocenters. The average molecular weight is 281 g/mol. The van der Waals surface area contributed by atoms with Gasteiger partial charge in [0.2, 0.25) is 0 Å². The smallest absolute Gasteiger partial charge is 0.175 e. The standard InChI is InChI=1S/C14H16FNO2S/c1-10-13(4-3-5-14(10)19(2,17)18)16-12-8-6-11(15)7-9-12/h5-9,16H,3-4H2,1-2H3. The van der Waals surface area contributed by atoms with Gasteiger partial charge in [0.15, 0.2) is 9.84 Å². The van der Waals surface area contributed by atoms with Gasteiger partial charge in [-0.25, -0.2) is 12.8 Å². The molecule has 102 valence electrons. The zero-order valence-corrected chi connectivity index (χ0v) is 11.7. The number of rotatable bonds is 3. The van der Waals surface area contributed by atoms with Gasteiger partial charge in [-0.15, -0.1) is 0 Å². The Hall–Kier alpha value is -1.62. The fraction of sp³-hybridized carbons (Fsp3) is 0.286. The van der Waals surface area contributed by atoms with Crippen molar-refractivity contribution in [2.75, 3.05) is 11.6 Å². The summed E-state index contributed by atoms with van der Waals surface area (Å²) in [5, 5.41) is 3.17. The van der Waals surface area contributed by atoms with Crippen molar-refractivity contribution in [3.05, 3.63) is 52.3 Å². The first-order chi connectivity index (χ1) is 8.88. The van der Waals surface area contributed by atoms with Gasteiger partial charge in [-0.05, 0) is 49.6 Å². The van der Waals surface area contributed by atoms with E-state index in [-0.39, 0.29) is 5.82 Å². The minimum absolute atomic E-state index is 0.295. The van der Waals surface area contributed by atoms with Gasteiger partial charge in [0.1, 0.15) is 5.82 Å². The molecule has 1 aromatic rings. The van der Waals surface area contributed by atoms with Gasteiger partial charge >= 0.3 is 0 Å². The zero-order chi connectivity index (χ0) is 14.0. The minimum atomic E-state index is -3.20. The van der Waals surface area contributed by atoms with Crippen LogP contribution in [0.25, 0.3) is 0 Å². The molecule has 0 saturated carbocycles. The Morgan fingerprint density at radius 1 is 1.21 bits per heavy atom. The largest absolute Gasteiger partial charge is 0.359 e.